The maximum atomic E-state index is 13.2. The lowest BCUT2D eigenvalue weighted by atomic mass is 10.1. The molecule has 33 heavy (non-hydrogen) atoms. The minimum Gasteiger partial charge on any atom is -0.497 e. The molecule has 0 spiro atoms. The molecule has 4 rings (SSSR count). The number of nitrogens with zero attached hydrogens (tertiary/aromatic N) is 2. The molecule has 168 valence electrons. The normalized spacial score (nSPS) is 15.2. The van der Waals surface area contributed by atoms with Crippen LogP contribution in [0.15, 0.2) is 54.1 Å². The molecule has 3 aromatic rings. The van der Waals surface area contributed by atoms with Gasteiger partial charge in [0.25, 0.3) is 11.8 Å². The summed E-state index contributed by atoms with van der Waals surface area (Å²) in [5, 5.41) is 2.66. The van der Waals surface area contributed by atoms with Crippen LogP contribution in [-0.2, 0) is 9.59 Å². The molecule has 2 aromatic carbocycles. The summed E-state index contributed by atoms with van der Waals surface area (Å²) in [4.78, 5) is 39.1. The number of methoxy groups -OCH3 is 1. The number of hydrogen-bond donors (Lipinski definition) is 1. The van der Waals surface area contributed by atoms with Gasteiger partial charge in [0.15, 0.2) is 0 Å². The number of carbonyl (C=O) groups is 3. The number of barbiturate groups is 1. The van der Waals surface area contributed by atoms with Crippen molar-refractivity contribution in [1.82, 2.24) is 9.88 Å². The molecule has 1 saturated heterocycles. The van der Waals surface area contributed by atoms with Crippen molar-refractivity contribution in [3.05, 3.63) is 81.6 Å². The van der Waals surface area contributed by atoms with Crippen LogP contribution in [-0.4, -0.2) is 29.5 Å². The number of hydrogen-bond acceptors (Lipinski definition) is 4. The molecule has 0 bridgehead atoms. The predicted molar refractivity (Wildman–Crippen MR) is 127 cm³/mol. The van der Waals surface area contributed by atoms with Gasteiger partial charge < -0.3 is 9.30 Å². The van der Waals surface area contributed by atoms with Crippen molar-refractivity contribution >= 4 is 41.2 Å². The van der Waals surface area contributed by atoms with E-state index in [1.54, 1.807) is 19.2 Å². The molecule has 1 N–H and O–H groups in total. The second-order valence-electron chi connectivity index (χ2n) is 7.75. The number of aryl methyl sites for hydroxylation is 2. The zero-order valence-corrected chi connectivity index (χ0v) is 19.4. The summed E-state index contributed by atoms with van der Waals surface area (Å²) in [5.41, 5.74) is 4.33. The maximum Gasteiger partial charge on any atom is 0.335 e. The van der Waals surface area contributed by atoms with Gasteiger partial charge in [-0.3, -0.25) is 14.9 Å². The number of aromatic nitrogens is 1. The minimum absolute atomic E-state index is 0.138. The highest BCUT2D eigenvalue weighted by molar-refractivity contribution is 6.39. The van der Waals surface area contributed by atoms with Crippen molar-refractivity contribution in [2.45, 2.75) is 20.8 Å². The van der Waals surface area contributed by atoms with Crippen LogP contribution in [0, 0.1) is 20.8 Å². The predicted octanol–water partition coefficient (Wildman–Crippen LogP) is 4.73. The highest BCUT2D eigenvalue weighted by Gasteiger charge is 2.37. The standard InChI is InChI=1S/C25H22ClN3O4/c1-14-5-6-19(13-22(14)26)29-24(31)21(23(30)27-25(29)32)12-17-11-15(2)28(16(17)3)18-7-9-20(33-4)10-8-18/h5-13H,1-4H3,(H,27,30,32). The molecule has 0 atom stereocenters. The topological polar surface area (TPSA) is 80.6 Å². The van der Waals surface area contributed by atoms with E-state index in [-0.39, 0.29) is 11.3 Å². The van der Waals surface area contributed by atoms with Crippen molar-refractivity contribution in [3.63, 3.8) is 0 Å². The van der Waals surface area contributed by atoms with Gasteiger partial charge in [-0.05, 0) is 80.4 Å². The van der Waals surface area contributed by atoms with Crippen LogP contribution >= 0.6 is 11.6 Å². The number of rotatable bonds is 4. The van der Waals surface area contributed by atoms with E-state index in [1.165, 1.54) is 12.1 Å². The van der Waals surface area contributed by atoms with Gasteiger partial charge in [-0.15, -0.1) is 0 Å². The fraction of sp³-hybridized carbons (Fsp3) is 0.160. The Bertz CT molecular complexity index is 1320. The van der Waals surface area contributed by atoms with Crippen molar-refractivity contribution in [2.24, 2.45) is 0 Å². The summed E-state index contributed by atoms with van der Waals surface area (Å²) < 4.78 is 7.24. The second-order valence-corrected chi connectivity index (χ2v) is 8.16. The zero-order valence-electron chi connectivity index (χ0n) is 18.6. The molecule has 1 aliphatic heterocycles. The van der Waals surface area contributed by atoms with Gasteiger partial charge in [0.05, 0.1) is 12.8 Å². The molecular formula is C25H22ClN3O4. The van der Waals surface area contributed by atoms with Crippen LogP contribution in [0.4, 0.5) is 10.5 Å². The fourth-order valence-electron chi connectivity index (χ4n) is 3.83. The van der Waals surface area contributed by atoms with E-state index in [4.69, 9.17) is 16.3 Å². The summed E-state index contributed by atoms with van der Waals surface area (Å²) >= 11 is 6.18. The molecule has 0 unspecified atom stereocenters. The zero-order chi connectivity index (χ0) is 23.9. The van der Waals surface area contributed by atoms with Gasteiger partial charge >= 0.3 is 6.03 Å². The molecule has 0 radical (unpaired) electrons. The second kappa shape index (κ2) is 8.60. The van der Waals surface area contributed by atoms with E-state index in [0.717, 1.165) is 33.3 Å². The summed E-state index contributed by atoms with van der Waals surface area (Å²) in [5.74, 6) is -0.708. The number of halogens is 1. The smallest absolute Gasteiger partial charge is 0.335 e. The quantitative estimate of drug-likeness (QED) is 0.448. The summed E-state index contributed by atoms with van der Waals surface area (Å²) in [7, 11) is 1.61. The number of ether oxygens (including phenoxy) is 1. The van der Waals surface area contributed by atoms with Crippen LogP contribution < -0.4 is 15.0 Å². The summed E-state index contributed by atoms with van der Waals surface area (Å²) in [6.07, 6.45) is 1.51. The van der Waals surface area contributed by atoms with Gasteiger partial charge in [0.1, 0.15) is 11.3 Å². The van der Waals surface area contributed by atoms with E-state index in [2.05, 4.69) is 5.32 Å². The van der Waals surface area contributed by atoms with Crippen molar-refractivity contribution in [2.75, 3.05) is 12.0 Å². The largest absolute Gasteiger partial charge is 0.497 e. The first kappa shape index (κ1) is 22.4. The Morgan fingerprint density at radius 3 is 2.24 bits per heavy atom. The lowest BCUT2D eigenvalue weighted by Crippen LogP contribution is -2.54. The number of imide groups is 2. The Kier molecular flexibility index (Phi) is 5.82. The number of benzene rings is 2. The van der Waals surface area contributed by atoms with Gasteiger partial charge in [-0.25, -0.2) is 9.69 Å². The van der Waals surface area contributed by atoms with E-state index in [9.17, 15) is 14.4 Å². The maximum absolute atomic E-state index is 13.2. The lowest BCUT2D eigenvalue weighted by Gasteiger charge is -2.26. The minimum atomic E-state index is -0.814. The van der Waals surface area contributed by atoms with Gasteiger partial charge in [-0.2, -0.15) is 0 Å². The lowest BCUT2D eigenvalue weighted by molar-refractivity contribution is -0.122. The molecule has 0 saturated carbocycles. The average Bonchev–Trinajstić information content (AvgIpc) is 3.06. The van der Waals surface area contributed by atoms with Crippen LogP contribution in [0.1, 0.15) is 22.5 Å². The van der Waals surface area contributed by atoms with Crippen molar-refractivity contribution < 1.29 is 19.1 Å². The molecule has 2 heterocycles. The van der Waals surface area contributed by atoms with Crippen molar-refractivity contribution in [3.8, 4) is 11.4 Å². The average molecular weight is 464 g/mol. The van der Waals surface area contributed by atoms with Gasteiger partial charge in [-0.1, -0.05) is 17.7 Å². The van der Waals surface area contributed by atoms with Crippen LogP contribution in [0.5, 0.6) is 5.75 Å². The molecular weight excluding hydrogens is 442 g/mol. The number of urea groups is 1. The van der Waals surface area contributed by atoms with Crippen LogP contribution in [0.2, 0.25) is 5.02 Å². The number of anilines is 1. The monoisotopic (exact) mass is 463 g/mol. The number of amides is 4. The van der Waals surface area contributed by atoms with E-state index in [0.29, 0.717) is 10.6 Å². The Labute approximate surface area is 196 Å². The molecule has 0 aliphatic carbocycles. The first-order valence-electron chi connectivity index (χ1n) is 10.2. The highest BCUT2D eigenvalue weighted by atomic mass is 35.5. The Morgan fingerprint density at radius 2 is 1.61 bits per heavy atom. The molecule has 1 fully saturated rings. The summed E-state index contributed by atoms with van der Waals surface area (Å²) in [6, 6.07) is 13.5. The highest BCUT2D eigenvalue weighted by Crippen LogP contribution is 2.28. The first-order valence-corrected chi connectivity index (χ1v) is 10.6. The molecule has 1 aliphatic rings. The third-order valence-electron chi connectivity index (χ3n) is 5.62. The number of carbonyl (C=O) groups excluding carboxylic acids is 3. The molecule has 8 heteroatoms. The van der Waals surface area contributed by atoms with E-state index in [1.807, 2.05) is 55.7 Å². The number of nitrogens with one attached hydrogen (secondary N) is 1. The Hall–Kier alpha value is -3.84. The van der Waals surface area contributed by atoms with Crippen LogP contribution in [0.3, 0.4) is 0 Å². The van der Waals surface area contributed by atoms with Gasteiger partial charge in [0.2, 0.25) is 0 Å². The molecule has 4 amide bonds. The Morgan fingerprint density at radius 1 is 0.939 bits per heavy atom. The first-order chi connectivity index (χ1) is 15.7. The third kappa shape index (κ3) is 4.03. The molecule has 1 aromatic heterocycles. The van der Waals surface area contributed by atoms with E-state index < -0.39 is 17.8 Å². The van der Waals surface area contributed by atoms with Crippen molar-refractivity contribution in [1.29, 1.82) is 0 Å². The molecule has 7 nitrogen and oxygen atoms in total. The summed E-state index contributed by atoms with van der Waals surface area (Å²) in [6.45, 7) is 5.65. The SMILES string of the molecule is COc1ccc(-n2c(C)cc(C=C3C(=O)NC(=O)N(c4ccc(C)c(Cl)c4)C3=O)c2C)cc1. The Balaban J connectivity index is 1.74. The fourth-order valence-corrected chi connectivity index (χ4v) is 4.01. The van der Waals surface area contributed by atoms with Gasteiger partial charge in [0, 0.05) is 22.1 Å². The van der Waals surface area contributed by atoms with E-state index >= 15 is 0 Å². The van der Waals surface area contributed by atoms with Crippen LogP contribution in [0.25, 0.3) is 11.8 Å². The third-order valence-corrected chi connectivity index (χ3v) is 6.02.